The number of nitrogens with zero attached hydrogens (tertiary/aromatic N) is 1. The van der Waals surface area contributed by atoms with Crippen LogP contribution in [0, 0.1) is 19.8 Å². The van der Waals surface area contributed by atoms with E-state index in [-0.39, 0.29) is 23.8 Å². The highest BCUT2D eigenvalue weighted by atomic mass is 32.2. The predicted molar refractivity (Wildman–Crippen MR) is 118 cm³/mol. The maximum atomic E-state index is 13.4. The number of benzene rings is 2. The Kier molecular flexibility index (Phi) is 7.86. The normalized spacial score (nSPS) is 12.6. The van der Waals surface area contributed by atoms with E-state index in [0.717, 1.165) is 11.1 Å². The first-order valence-corrected chi connectivity index (χ1v) is 11.3. The van der Waals surface area contributed by atoms with Crippen LogP contribution in [0.15, 0.2) is 47.4 Å². The summed E-state index contributed by atoms with van der Waals surface area (Å²) in [4.78, 5) is 11.0. The molecule has 2 aromatic carbocycles. The number of anilines is 2. The maximum Gasteiger partial charge on any atom is 0.305 e. The quantitative estimate of drug-likeness (QED) is 0.529. The molecule has 2 aromatic rings. The Balaban J connectivity index is 2.35. The van der Waals surface area contributed by atoms with Crippen molar-refractivity contribution < 1.29 is 23.4 Å². The molecule has 2 rings (SSSR count). The highest BCUT2D eigenvalue weighted by molar-refractivity contribution is 7.92. The lowest BCUT2D eigenvalue weighted by atomic mass is 10.1. The van der Waals surface area contributed by atoms with Crippen LogP contribution < -0.4 is 9.62 Å². The van der Waals surface area contributed by atoms with Crippen LogP contribution in [0.3, 0.4) is 0 Å². The standard InChI is InChI=1S/C22H30N2O5S/c1-15(2)13-24(21-10-5-16(3)11-17(21)4)30(28,29)20-8-6-18(7-9-20)23-19(14-25)12-22(26)27/h5-11,15,19,23,25H,12-14H2,1-4H3,(H,26,27)/t19-/m0/s1. The van der Waals surface area contributed by atoms with Crippen molar-refractivity contribution in [2.75, 3.05) is 22.8 Å². The minimum atomic E-state index is -3.79. The van der Waals surface area contributed by atoms with Gasteiger partial charge in [0.05, 0.1) is 29.7 Å². The number of hydrogen-bond acceptors (Lipinski definition) is 5. The SMILES string of the molecule is Cc1ccc(N(CC(C)C)S(=O)(=O)c2ccc(N[C@H](CO)CC(=O)O)cc2)c(C)c1. The lowest BCUT2D eigenvalue weighted by molar-refractivity contribution is -0.137. The van der Waals surface area contributed by atoms with Crippen LogP contribution in [0.1, 0.15) is 31.4 Å². The van der Waals surface area contributed by atoms with Gasteiger partial charge in [-0.2, -0.15) is 0 Å². The second-order valence-corrected chi connectivity index (χ2v) is 9.73. The van der Waals surface area contributed by atoms with Crippen molar-refractivity contribution in [2.45, 2.75) is 45.1 Å². The lowest BCUT2D eigenvalue weighted by Crippen LogP contribution is -2.34. The molecule has 0 saturated carbocycles. The molecule has 0 amide bonds. The van der Waals surface area contributed by atoms with Gasteiger partial charge in [0, 0.05) is 12.2 Å². The van der Waals surface area contributed by atoms with Crippen LogP contribution in [-0.4, -0.2) is 43.8 Å². The fourth-order valence-electron chi connectivity index (χ4n) is 3.20. The van der Waals surface area contributed by atoms with E-state index in [1.807, 2.05) is 45.9 Å². The van der Waals surface area contributed by atoms with E-state index in [1.165, 1.54) is 16.4 Å². The van der Waals surface area contributed by atoms with Gasteiger partial charge in [0.15, 0.2) is 0 Å². The lowest BCUT2D eigenvalue weighted by Gasteiger charge is -2.28. The highest BCUT2D eigenvalue weighted by Gasteiger charge is 2.27. The molecule has 0 fully saturated rings. The summed E-state index contributed by atoms with van der Waals surface area (Å²) < 4.78 is 28.3. The number of nitrogens with one attached hydrogen (secondary N) is 1. The Hall–Kier alpha value is -2.58. The monoisotopic (exact) mass is 434 g/mol. The number of aliphatic hydroxyl groups is 1. The second-order valence-electron chi connectivity index (χ2n) is 7.87. The van der Waals surface area contributed by atoms with Gasteiger partial charge < -0.3 is 15.5 Å². The Labute approximate surface area is 178 Å². The molecule has 3 N–H and O–H groups in total. The molecular weight excluding hydrogens is 404 g/mol. The van der Waals surface area contributed by atoms with Crippen molar-refractivity contribution in [2.24, 2.45) is 5.92 Å². The van der Waals surface area contributed by atoms with E-state index >= 15 is 0 Å². The summed E-state index contributed by atoms with van der Waals surface area (Å²) in [7, 11) is -3.79. The van der Waals surface area contributed by atoms with Crippen molar-refractivity contribution in [3.8, 4) is 0 Å². The van der Waals surface area contributed by atoms with E-state index in [4.69, 9.17) is 5.11 Å². The molecule has 0 aliphatic carbocycles. The summed E-state index contributed by atoms with van der Waals surface area (Å²) in [5, 5.41) is 21.1. The largest absolute Gasteiger partial charge is 0.481 e. The average molecular weight is 435 g/mol. The van der Waals surface area contributed by atoms with Crippen molar-refractivity contribution in [3.63, 3.8) is 0 Å². The molecule has 0 bridgehead atoms. The van der Waals surface area contributed by atoms with Gasteiger partial charge in [-0.3, -0.25) is 9.10 Å². The number of carbonyl (C=O) groups is 1. The molecule has 8 heteroatoms. The van der Waals surface area contributed by atoms with Crippen molar-refractivity contribution in [1.82, 2.24) is 0 Å². The molecule has 0 aliphatic heterocycles. The summed E-state index contributed by atoms with van der Waals surface area (Å²) in [6.07, 6.45) is -0.245. The summed E-state index contributed by atoms with van der Waals surface area (Å²) in [6.45, 7) is 7.80. The van der Waals surface area contributed by atoms with Gasteiger partial charge in [-0.15, -0.1) is 0 Å². The van der Waals surface area contributed by atoms with Gasteiger partial charge in [-0.25, -0.2) is 8.42 Å². The number of rotatable bonds is 10. The fraction of sp³-hybridized carbons (Fsp3) is 0.409. The van der Waals surface area contributed by atoms with Gasteiger partial charge in [0.2, 0.25) is 0 Å². The first kappa shape index (κ1) is 23.7. The third-order valence-electron chi connectivity index (χ3n) is 4.61. The molecule has 30 heavy (non-hydrogen) atoms. The Morgan fingerprint density at radius 1 is 1.10 bits per heavy atom. The van der Waals surface area contributed by atoms with Crippen molar-refractivity contribution in [1.29, 1.82) is 0 Å². The van der Waals surface area contributed by atoms with E-state index in [0.29, 0.717) is 17.9 Å². The van der Waals surface area contributed by atoms with Crippen LogP contribution in [0.2, 0.25) is 0 Å². The molecular formula is C22H30N2O5S. The number of carboxylic acid groups (broad SMARTS) is 1. The number of hydrogen-bond donors (Lipinski definition) is 3. The third kappa shape index (κ3) is 5.96. The number of aliphatic carboxylic acids is 1. The summed E-state index contributed by atoms with van der Waals surface area (Å²) in [6, 6.07) is 11.2. The van der Waals surface area contributed by atoms with Gasteiger partial charge in [0.25, 0.3) is 10.0 Å². The van der Waals surface area contributed by atoms with Crippen LogP contribution in [-0.2, 0) is 14.8 Å². The zero-order chi connectivity index (χ0) is 22.5. The van der Waals surface area contributed by atoms with Crippen molar-refractivity contribution in [3.05, 3.63) is 53.6 Å². The van der Waals surface area contributed by atoms with Crippen molar-refractivity contribution >= 4 is 27.4 Å². The predicted octanol–water partition coefficient (Wildman–Crippen LogP) is 3.40. The third-order valence-corrected chi connectivity index (χ3v) is 6.40. The van der Waals surface area contributed by atoms with Gasteiger partial charge in [-0.1, -0.05) is 31.5 Å². The van der Waals surface area contributed by atoms with E-state index in [9.17, 15) is 18.3 Å². The molecule has 0 aromatic heterocycles. The van der Waals surface area contributed by atoms with E-state index < -0.39 is 22.0 Å². The second kappa shape index (κ2) is 9.95. The smallest absolute Gasteiger partial charge is 0.305 e. The molecule has 0 saturated heterocycles. The molecule has 0 aliphatic rings. The Morgan fingerprint density at radius 2 is 1.73 bits per heavy atom. The Morgan fingerprint density at radius 3 is 2.23 bits per heavy atom. The zero-order valence-corrected chi connectivity index (χ0v) is 18.6. The van der Waals surface area contributed by atoms with Gasteiger partial charge >= 0.3 is 5.97 Å². The zero-order valence-electron chi connectivity index (χ0n) is 17.8. The topological polar surface area (TPSA) is 107 Å². The summed E-state index contributed by atoms with van der Waals surface area (Å²) >= 11 is 0. The van der Waals surface area contributed by atoms with E-state index in [1.54, 1.807) is 12.1 Å². The van der Waals surface area contributed by atoms with E-state index in [2.05, 4.69) is 5.32 Å². The van der Waals surface area contributed by atoms with Crippen LogP contribution >= 0.6 is 0 Å². The first-order valence-electron chi connectivity index (χ1n) is 9.83. The van der Waals surface area contributed by atoms with Gasteiger partial charge in [-0.05, 0) is 55.7 Å². The first-order chi connectivity index (χ1) is 14.0. The highest BCUT2D eigenvalue weighted by Crippen LogP contribution is 2.29. The summed E-state index contributed by atoms with van der Waals surface area (Å²) in [5.41, 5.74) is 3.14. The van der Waals surface area contributed by atoms with Crippen LogP contribution in [0.5, 0.6) is 0 Å². The molecule has 164 valence electrons. The van der Waals surface area contributed by atoms with Gasteiger partial charge in [0.1, 0.15) is 0 Å². The number of aliphatic hydroxyl groups excluding tert-OH is 1. The number of aryl methyl sites for hydroxylation is 2. The molecule has 0 spiro atoms. The Bertz CT molecular complexity index is 972. The minimum Gasteiger partial charge on any atom is -0.481 e. The number of sulfonamides is 1. The maximum absolute atomic E-state index is 13.4. The minimum absolute atomic E-state index is 0.128. The average Bonchev–Trinajstić information content (AvgIpc) is 2.66. The molecule has 1 atom stereocenters. The summed E-state index contributed by atoms with van der Waals surface area (Å²) in [5.74, 6) is -0.902. The molecule has 7 nitrogen and oxygen atoms in total. The van der Waals surface area contributed by atoms with Crippen LogP contribution in [0.25, 0.3) is 0 Å². The fourth-order valence-corrected chi connectivity index (χ4v) is 4.89. The number of carboxylic acids is 1. The molecule has 0 radical (unpaired) electrons. The molecule has 0 heterocycles. The molecule has 0 unspecified atom stereocenters. The van der Waals surface area contributed by atoms with Crippen LogP contribution in [0.4, 0.5) is 11.4 Å².